The lowest BCUT2D eigenvalue weighted by molar-refractivity contribution is 0.149. The van der Waals surface area contributed by atoms with Crippen molar-refractivity contribution < 1.29 is 35.3 Å². The Labute approximate surface area is 135 Å². The largest absolute Gasteiger partial charge is 0.445 e. The van der Waals surface area contributed by atoms with Crippen molar-refractivity contribution in [1.29, 1.82) is 0 Å². The summed E-state index contributed by atoms with van der Waals surface area (Å²) in [4.78, 5) is 25.4. The van der Waals surface area contributed by atoms with E-state index in [4.69, 9.17) is 16.2 Å². The molecule has 0 saturated carbocycles. The number of hydrogen-bond acceptors (Lipinski definition) is 10. The van der Waals surface area contributed by atoms with Crippen LogP contribution < -0.4 is 16.2 Å². The van der Waals surface area contributed by atoms with Gasteiger partial charge in [0, 0.05) is 29.6 Å². The van der Waals surface area contributed by atoms with Gasteiger partial charge in [-0.2, -0.15) is 12.0 Å². The van der Waals surface area contributed by atoms with Gasteiger partial charge in [0.1, 0.15) is 6.61 Å². The van der Waals surface area contributed by atoms with E-state index in [1.54, 1.807) is 0 Å². The lowest BCUT2D eigenvalue weighted by atomic mass is 10.1. The van der Waals surface area contributed by atoms with Crippen LogP contribution in [-0.4, -0.2) is 32.7 Å². The van der Waals surface area contributed by atoms with E-state index in [9.17, 15) is 18.0 Å². The lowest BCUT2D eigenvalue weighted by Gasteiger charge is -2.12. The first-order chi connectivity index (χ1) is 10.7. The minimum Gasteiger partial charge on any atom is -0.445 e. The predicted molar refractivity (Wildman–Crippen MR) is 77.1 cm³/mol. The smallest absolute Gasteiger partial charge is 0.410 e. The van der Waals surface area contributed by atoms with Crippen molar-refractivity contribution in [2.75, 3.05) is 7.11 Å². The van der Waals surface area contributed by atoms with Crippen molar-refractivity contribution in [3.63, 3.8) is 0 Å². The fraction of sp³-hybridized carbons (Fsp3) is 0.300. The number of rotatable bonds is 8. The average molecular weight is 367 g/mol. The Morgan fingerprint density at radius 1 is 1.26 bits per heavy atom. The van der Waals surface area contributed by atoms with Crippen LogP contribution in [0.25, 0.3) is 0 Å². The molecule has 0 fully saturated rings. The molecule has 0 atom stereocenters. The topological polar surface area (TPSA) is 170 Å². The second-order valence-electron chi connectivity index (χ2n) is 3.71. The monoisotopic (exact) mass is 367 g/mol. The van der Waals surface area contributed by atoms with Gasteiger partial charge in [0.05, 0.1) is 13.3 Å². The number of nitrogens with zero attached hydrogens (tertiary/aromatic N) is 1. The summed E-state index contributed by atoms with van der Waals surface area (Å²) >= 11 is 0.517. The molecule has 0 bridgehead atoms. The van der Waals surface area contributed by atoms with Crippen molar-refractivity contribution in [3.8, 4) is 5.75 Å². The van der Waals surface area contributed by atoms with Crippen LogP contribution in [-0.2, 0) is 35.3 Å². The highest BCUT2D eigenvalue weighted by atomic mass is 32.3. The molecular formula is C10H13N3O8S2. The third kappa shape index (κ3) is 6.68. The minimum atomic E-state index is -4.13. The van der Waals surface area contributed by atoms with Gasteiger partial charge in [0.15, 0.2) is 5.75 Å². The third-order valence-corrected chi connectivity index (χ3v) is 4.12. The molecule has 0 unspecified atom stereocenters. The van der Waals surface area contributed by atoms with E-state index in [0.29, 0.717) is 17.6 Å². The second-order valence-corrected chi connectivity index (χ2v) is 5.93. The van der Waals surface area contributed by atoms with Gasteiger partial charge in [-0.1, -0.05) is 0 Å². The molecule has 4 N–H and O–H groups in total. The number of pyridine rings is 1. The number of primary amides is 2. The molecule has 0 radical (unpaired) electrons. The fourth-order valence-electron chi connectivity index (χ4n) is 1.31. The molecule has 1 heterocycles. The molecule has 23 heavy (non-hydrogen) atoms. The summed E-state index contributed by atoms with van der Waals surface area (Å²) in [5.41, 5.74) is 10.4. The molecule has 11 nitrogen and oxygen atoms in total. The first-order valence-electron chi connectivity index (χ1n) is 5.72. The van der Waals surface area contributed by atoms with Gasteiger partial charge in [-0.05, 0) is 5.56 Å². The molecule has 0 spiro atoms. The molecule has 2 amide bonds. The van der Waals surface area contributed by atoms with E-state index in [1.807, 2.05) is 0 Å². The number of ether oxygens (including phenoxy) is 2. The van der Waals surface area contributed by atoms with E-state index < -0.39 is 22.6 Å². The number of carbonyl (C=O) groups excluding carboxylic acids is 2. The Bertz CT molecular complexity index is 679. The SMILES string of the molecule is COS(=O)(=O)OSCc1cncc(OC(N)=O)c1COC(N)=O. The highest BCUT2D eigenvalue weighted by Crippen LogP contribution is 2.26. The molecule has 0 aliphatic rings. The van der Waals surface area contributed by atoms with Crippen LogP contribution >= 0.6 is 12.0 Å². The maximum atomic E-state index is 11.0. The number of aromatic nitrogens is 1. The van der Waals surface area contributed by atoms with E-state index in [1.165, 1.54) is 12.4 Å². The maximum Gasteiger partial charge on any atom is 0.410 e. The van der Waals surface area contributed by atoms with Gasteiger partial charge < -0.3 is 20.9 Å². The molecule has 128 valence electrons. The van der Waals surface area contributed by atoms with E-state index in [0.717, 1.165) is 7.11 Å². The molecular weight excluding hydrogens is 354 g/mol. The number of amides is 2. The van der Waals surface area contributed by atoms with E-state index >= 15 is 0 Å². The summed E-state index contributed by atoms with van der Waals surface area (Å²) < 4.78 is 40.0. The first kappa shape index (κ1) is 19.0. The quantitative estimate of drug-likeness (QED) is 0.604. The van der Waals surface area contributed by atoms with Crippen LogP contribution in [0, 0.1) is 0 Å². The van der Waals surface area contributed by atoms with Crippen molar-refractivity contribution in [1.82, 2.24) is 4.98 Å². The molecule has 0 aromatic carbocycles. The molecule has 0 saturated heterocycles. The summed E-state index contributed by atoms with van der Waals surface area (Å²) in [5, 5.41) is 0. The Morgan fingerprint density at radius 3 is 2.52 bits per heavy atom. The maximum absolute atomic E-state index is 11.0. The van der Waals surface area contributed by atoms with Crippen LogP contribution in [0.15, 0.2) is 12.4 Å². The molecule has 1 aromatic rings. The van der Waals surface area contributed by atoms with Crippen LogP contribution in [0.4, 0.5) is 9.59 Å². The predicted octanol–water partition coefficient (Wildman–Crippen LogP) is 0.190. The molecule has 0 aliphatic carbocycles. The van der Waals surface area contributed by atoms with E-state index in [-0.39, 0.29) is 23.7 Å². The number of hydrogen-bond donors (Lipinski definition) is 2. The Balaban J connectivity index is 2.95. The Kier molecular flexibility index (Phi) is 7.02. The summed E-state index contributed by atoms with van der Waals surface area (Å²) in [6, 6.07) is 0. The van der Waals surface area contributed by atoms with Gasteiger partial charge in [0.25, 0.3) is 0 Å². The first-order valence-corrected chi connectivity index (χ1v) is 7.96. The zero-order chi connectivity index (χ0) is 17.5. The average Bonchev–Trinajstić information content (AvgIpc) is 2.45. The van der Waals surface area contributed by atoms with Crippen molar-refractivity contribution in [2.24, 2.45) is 11.5 Å². The van der Waals surface area contributed by atoms with Gasteiger partial charge >= 0.3 is 22.6 Å². The highest BCUT2D eigenvalue weighted by molar-refractivity contribution is 8.02. The minimum absolute atomic E-state index is 0.0387. The standard InChI is InChI=1S/C10H13N3O8S2/c1-18-23(16,17)21-22-5-6-2-13-3-8(20-10(12)15)7(6)4-19-9(11)14/h2-3H,4-5H2,1H3,(H2,11,14)(H2,12,15). The zero-order valence-electron chi connectivity index (χ0n) is 11.8. The van der Waals surface area contributed by atoms with Crippen molar-refractivity contribution in [3.05, 3.63) is 23.5 Å². The third-order valence-electron chi connectivity index (χ3n) is 2.23. The van der Waals surface area contributed by atoms with Crippen LogP contribution in [0.2, 0.25) is 0 Å². The lowest BCUT2D eigenvalue weighted by Crippen LogP contribution is -2.19. The van der Waals surface area contributed by atoms with Crippen molar-refractivity contribution >= 4 is 34.6 Å². The van der Waals surface area contributed by atoms with Gasteiger partial charge in [-0.3, -0.25) is 9.17 Å². The zero-order valence-corrected chi connectivity index (χ0v) is 13.4. The summed E-state index contributed by atoms with van der Waals surface area (Å²) in [6.07, 6.45) is 0.355. The van der Waals surface area contributed by atoms with E-state index in [2.05, 4.69) is 17.5 Å². The normalized spacial score (nSPS) is 11.0. The van der Waals surface area contributed by atoms with Crippen molar-refractivity contribution in [2.45, 2.75) is 12.4 Å². The molecule has 1 aromatic heterocycles. The summed E-state index contributed by atoms with van der Waals surface area (Å²) in [6.45, 7) is -0.340. The highest BCUT2D eigenvalue weighted by Gasteiger charge is 2.16. The molecule has 0 aliphatic heterocycles. The second kappa shape index (κ2) is 8.52. The van der Waals surface area contributed by atoms with Crippen LogP contribution in [0.1, 0.15) is 11.1 Å². The van der Waals surface area contributed by atoms with Gasteiger partial charge in [-0.15, -0.1) is 0 Å². The molecule has 1 rings (SSSR count). The number of nitrogens with two attached hydrogens (primary N) is 2. The summed E-state index contributed by atoms with van der Waals surface area (Å²) in [7, 11) is -3.19. The fourth-order valence-corrected chi connectivity index (χ4v) is 2.57. The van der Waals surface area contributed by atoms with Gasteiger partial charge in [-0.25, -0.2) is 9.59 Å². The van der Waals surface area contributed by atoms with Gasteiger partial charge in [0.2, 0.25) is 0 Å². The Hall–Kier alpha value is -2.09. The summed E-state index contributed by atoms with van der Waals surface area (Å²) in [5.74, 6) is -0.102. The van der Waals surface area contributed by atoms with Crippen LogP contribution in [0.5, 0.6) is 5.75 Å². The molecule has 13 heteroatoms. The number of carbonyl (C=O) groups is 2. The van der Waals surface area contributed by atoms with Crippen LogP contribution in [0.3, 0.4) is 0 Å². The Morgan fingerprint density at radius 2 is 1.96 bits per heavy atom.